The predicted octanol–water partition coefficient (Wildman–Crippen LogP) is 2.05. The fraction of sp³-hybridized carbons (Fsp3) is 0.636. The third kappa shape index (κ3) is 3.15. The first-order valence-electron chi connectivity index (χ1n) is 5.39. The fourth-order valence-electron chi connectivity index (χ4n) is 1.44. The Kier molecular flexibility index (Phi) is 5.15. The second-order valence-corrected chi connectivity index (χ2v) is 4.44. The first-order chi connectivity index (χ1) is 7.57. The van der Waals surface area contributed by atoms with Crippen molar-refractivity contribution in [2.75, 3.05) is 13.2 Å². The Morgan fingerprint density at radius 3 is 2.69 bits per heavy atom. The van der Waals surface area contributed by atoms with Gasteiger partial charge in [-0.2, -0.15) is 4.98 Å². The Morgan fingerprint density at radius 2 is 2.06 bits per heavy atom. The second kappa shape index (κ2) is 6.15. The minimum atomic E-state index is -0.210. The molecule has 0 aliphatic rings. The highest BCUT2D eigenvalue weighted by Crippen LogP contribution is 2.16. The summed E-state index contributed by atoms with van der Waals surface area (Å²) in [6.07, 6.45) is 0.990. The maximum atomic E-state index is 11.7. The van der Waals surface area contributed by atoms with Crippen molar-refractivity contribution in [3.8, 4) is 0 Å². The topological polar surface area (TPSA) is 44.1 Å². The summed E-state index contributed by atoms with van der Waals surface area (Å²) in [5.41, 5.74) is 1.42. The van der Waals surface area contributed by atoms with E-state index in [2.05, 4.69) is 27.8 Å². The summed E-state index contributed by atoms with van der Waals surface area (Å²) in [4.78, 5) is 15.6. The van der Waals surface area contributed by atoms with Crippen LogP contribution in [0.15, 0.2) is 9.27 Å². The first kappa shape index (κ1) is 13.4. The summed E-state index contributed by atoms with van der Waals surface area (Å²) in [6.45, 7) is 7.61. The van der Waals surface area contributed by atoms with Gasteiger partial charge in [0.15, 0.2) is 0 Å². The molecule has 1 heterocycles. The highest BCUT2D eigenvalue weighted by atomic mass is 79.9. The smallest absolute Gasteiger partial charge is 0.348 e. The standard InChI is InChI=1S/C11H17BrN2O2/c1-4-6-16-7-5-14-9(3)10(12)8(2)13-11(14)15/h4-7H2,1-3H3. The lowest BCUT2D eigenvalue weighted by Gasteiger charge is -2.11. The van der Waals surface area contributed by atoms with Crippen LogP contribution in [0.25, 0.3) is 0 Å². The van der Waals surface area contributed by atoms with Crippen molar-refractivity contribution in [3.63, 3.8) is 0 Å². The van der Waals surface area contributed by atoms with Crippen LogP contribution in [0.3, 0.4) is 0 Å². The second-order valence-electron chi connectivity index (χ2n) is 3.64. The van der Waals surface area contributed by atoms with E-state index in [1.807, 2.05) is 13.8 Å². The molecule has 1 rings (SSSR count). The highest BCUT2D eigenvalue weighted by Gasteiger charge is 2.08. The van der Waals surface area contributed by atoms with Crippen molar-refractivity contribution in [1.29, 1.82) is 0 Å². The lowest BCUT2D eigenvalue weighted by Crippen LogP contribution is -2.28. The molecule has 1 aromatic heterocycles. The quantitative estimate of drug-likeness (QED) is 0.779. The molecule has 0 bridgehead atoms. The van der Waals surface area contributed by atoms with Crippen LogP contribution in [0, 0.1) is 13.8 Å². The van der Waals surface area contributed by atoms with E-state index in [9.17, 15) is 4.79 Å². The highest BCUT2D eigenvalue weighted by molar-refractivity contribution is 9.10. The number of aromatic nitrogens is 2. The maximum Gasteiger partial charge on any atom is 0.348 e. The number of nitrogens with zero attached hydrogens (tertiary/aromatic N) is 2. The zero-order valence-corrected chi connectivity index (χ0v) is 11.5. The molecule has 0 amide bonds. The van der Waals surface area contributed by atoms with E-state index in [0.29, 0.717) is 13.2 Å². The van der Waals surface area contributed by atoms with Gasteiger partial charge in [-0.3, -0.25) is 4.57 Å². The molecule has 0 N–H and O–H groups in total. The molecule has 0 unspecified atom stereocenters. The van der Waals surface area contributed by atoms with Gasteiger partial charge in [0.25, 0.3) is 0 Å². The van der Waals surface area contributed by atoms with E-state index in [1.165, 1.54) is 0 Å². The molecule has 1 aromatic rings. The Bertz CT molecular complexity index is 415. The predicted molar refractivity (Wildman–Crippen MR) is 66.8 cm³/mol. The lowest BCUT2D eigenvalue weighted by atomic mass is 10.3. The zero-order valence-electron chi connectivity index (χ0n) is 9.92. The van der Waals surface area contributed by atoms with Crippen LogP contribution in [0.5, 0.6) is 0 Å². The summed E-state index contributed by atoms with van der Waals surface area (Å²) >= 11 is 3.42. The van der Waals surface area contributed by atoms with Crippen molar-refractivity contribution < 1.29 is 4.74 Å². The third-order valence-electron chi connectivity index (χ3n) is 2.34. The molecule has 0 aliphatic carbocycles. The van der Waals surface area contributed by atoms with Crippen molar-refractivity contribution >= 4 is 15.9 Å². The van der Waals surface area contributed by atoms with Crippen molar-refractivity contribution in [1.82, 2.24) is 9.55 Å². The normalized spacial score (nSPS) is 10.8. The van der Waals surface area contributed by atoms with Gasteiger partial charge in [0.1, 0.15) is 0 Å². The van der Waals surface area contributed by atoms with Gasteiger partial charge in [0.2, 0.25) is 0 Å². The minimum Gasteiger partial charge on any atom is -0.380 e. The monoisotopic (exact) mass is 288 g/mol. The van der Waals surface area contributed by atoms with Gasteiger partial charge in [-0.25, -0.2) is 4.79 Å². The molecule has 4 nitrogen and oxygen atoms in total. The molecular formula is C11H17BrN2O2. The maximum absolute atomic E-state index is 11.7. The lowest BCUT2D eigenvalue weighted by molar-refractivity contribution is 0.125. The minimum absolute atomic E-state index is 0.210. The third-order valence-corrected chi connectivity index (χ3v) is 3.49. The number of hydrogen-bond donors (Lipinski definition) is 0. The number of hydrogen-bond acceptors (Lipinski definition) is 3. The number of halogens is 1. The fourth-order valence-corrected chi connectivity index (χ4v) is 1.74. The molecule has 16 heavy (non-hydrogen) atoms. The van der Waals surface area contributed by atoms with E-state index in [1.54, 1.807) is 4.57 Å². The van der Waals surface area contributed by atoms with Crippen LogP contribution in [0.1, 0.15) is 24.7 Å². The van der Waals surface area contributed by atoms with Gasteiger partial charge >= 0.3 is 5.69 Å². The molecule has 0 spiro atoms. The number of ether oxygens (including phenoxy) is 1. The SMILES string of the molecule is CCCOCCn1c(C)c(Br)c(C)nc1=O. The van der Waals surface area contributed by atoms with E-state index in [4.69, 9.17) is 4.74 Å². The average molecular weight is 289 g/mol. The number of rotatable bonds is 5. The molecule has 0 aromatic carbocycles. The Labute approximate surface area is 104 Å². The van der Waals surface area contributed by atoms with Crippen molar-refractivity contribution in [2.24, 2.45) is 0 Å². The summed E-state index contributed by atoms with van der Waals surface area (Å²) in [5.74, 6) is 0. The van der Waals surface area contributed by atoms with Crippen molar-refractivity contribution in [2.45, 2.75) is 33.7 Å². The van der Waals surface area contributed by atoms with E-state index in [0.717, 1.165) is 28.9 Å². The first-order valence-corrected chi connectivity index (χ1v) is 6.18. The van der Waals surface area contributed by atoms with Crippen LogP contribution < -0.4 is 5.69 Å². The van der Waals surface area contributed by atoms with Gasteiger partial charge in [-0.1, -0.05) is 6.92 Å². The van der Waals surface area contributed by atoms with Crippen LogP contribution >= 0.6 is 15.9 Å². The summed E-state index contributed by atoms with van der Waals surface area (Å²) in [5, 5.41) is 0. The molecule has 0 saturated carbocycles. The van der Waals surface area contributed by atoms with Crippen LogP contribution in [-0.2, 0) is 11.3 Å². The van der Waals surface area contributed by atoms with E-state index in [-0.39, 0.29) is 5.69 Å². The Hall–Kier alpha value is -0.680. The molecule has 0 radical (unpaired) electrons. The average Bonchev–Trinajstić information content (AvgIpc) is 2.25. The molecule has 90 valence electrons. The summed E-state index contributed by atoms with van der Waals surface area (Å²) < 4.78 is 7.89. The molecule has 0 aliphatic heterocycles. The van der Waals surface area contributed by atoms with E-state index < -0.39 is 0 Å². The van der Waals surface area contributed by atoms with Gasteiger partial charge in [-0.15, -0.1) is 0 Å². The van der Waals surface area contributed by atoms with Gasteiger partial charge in [-0.05, 0) is 36.2 Å². The number of aryl methyl sites for hydroxylation is 1. The zero-order chi connectivity index (χ0) is 12.1. The molecule has 5 heteroatoms. The summed E-state index contributed by atoms with van der Waals surface area (Å²) in [7, 11) is 0. The van der Waals surface area contributed by atoms with Gasteiger partial charge < -0.3 is 4.74 Å². The largest absolute Gasteiger partial charge is 0.380 e. The van der Waals surface area contributed by atoms with Crippen molar-refractivity contribution in [3.05, 3.63) is 26.3 Å². The Morgan fingerprint density at radius 1 is 1.38 bits per heavy atom. The van der Waals surface area contributed by atoms with E-state index >= 15 is 0 Å². The van der Waals surface area contributed by atoms with Gasteiger partial charge in [0, 0.05) is 12.3 Å². The summed E-state index contributed by atoms with van der Waals surface area (Å²) in [6, 6.07) is 0. The molecule has 0 fully saturated rings. The van der Waals surface area contributed by atoms with Crippen LogP contribution in [0.2, 0.25) is 0 Å². The molecule has 0 atom stereocenters. The Balaban J connectivity index is 2.80. The van der Waals surface area contributed by atoms with Crippen LogP contribution in [-0.4, -0.2) is 22.8 Å². The van der Waals surface area contributed by atoms with Gasteiger partial charge in [0.05, 0.1) is 23.3 Å². The molecule has 0 saturated heterocycles. The van der Waals surface area contributed by atoms with Crippen LogP contribution in [0.4, 0.5) is 0 Å². The molecular weight excluding hydrogens is 272 g/mol.